The molecule has 1 N–H and O–H groups in total. The Bertz CT molecular complexity index is 1260. The third kappa shape index (κ3) is 16.5. The van der Waals surface area contributed by atoms with Crippen molar-refractivity contribution in [3.63, 3.8) is 0 Å². The summed E-state index contributed by atoms with van der Waals surface area (Å²) in [5, 5.41) is 8.99. The Labute approximate surface area is 271 Å². The van der Waals surface area contributed by atoms with Crippen LogP contribution in [-0.2, 0) is 19.3 Å². The summed E-state index contributed by atoms with van der Waals surface area (Å²) in [6, 6.07) is 26.8. The Balaban J connectivity index is 0.000000294. The number of hydrogen-bond donors (Lipinski definition) is 1. The lowest BCUT2D eigenvalue weighted by molar-refractivity contribution is 0.475. The molecule has 1 aliphatic heterocycles. The SMILES string of the molecule is C.CC(C)CC1=CCC=N1.CC(C)CC1=CCc2ccccc21.CC(C)Cc1ccc(O)cc1.CC(C)Cc1ccccc1. The van der Waals surface area contributed by atoms with Gasteiger partial charge in [-0.2, -0.15) is 0 Å². The molecule has 0 spiro atoms. The Morgan fingerprint density at radius 3 is 1.64 bits per heavy atom. The van der Waals surface area contributed by atoms with Crippen LogP contribution >= 0.6 is 0 Å². The highest BCUT2D eigenvalue weighted by Gasteiger charge is 2.13. The third-order valence-corrected chi connectivity index (χ3v) is 6.96. The van der Waals surface area contributed by atoms with Crippen LogP contribution in [0.2, 0.25) is 0 Å². The van der Waals surface area contributed by atoms with Gasteiger partial charge in [0.1, 0.15) is 5.75 Å². The van der Waals surface area contributed by atoms with Crippen LogP contribution in [-0.4, -0.2) is 11.3 Å². The summed E-state index contributed by atoms with van der Waals surface area (Å²) in [7, 11) is 0. The van der Waals surface area contributed by atoms with Crippen LogP contribution in [0.15, 0.2) is 102 Å². The maximum Gasteiger partial charge on any atom is 0.115 e. The van der Waals surface area contributed by atoms with E-state index in [9.17, 15) is 0 Å². The standard InChI is InChI=1S/C13H16.C10H14O.C10H14.C8H13N.CH4/c1-10(2)9-12-8-7-11-5-3-4-6-13(11)12;1-8(2)7-9-3-5-10(11)6-4-9;1-9(2)8-10-6-4-3-5-7-10;1-7(2)6-8-4-3-5-9-8;/h3-6,8,10H,7,9H2,1-2H3;3-6,8,11H,7H2,1-2H3;3-7,9H,8H2,1-2H3;4-5,7H,3,6H2,1-2H3;1H4. The van der Waals surface area contributed by atoms with Crippen LogP contribution in [0.25, 0.3) is 5.57 Å². The second-order valence-corrected chi connectivity index (χ2v) is 13.4. The van der Waals surface area contributed by atoms with Crippen molar-refractivity contribution in [1.82, 2.24) is 0 Å². The zero-order chi connectivity index (χ0) is 31.6. The van der Waals surface area contributed by atoms with Gasteiger partial charge in [-0.25, -0.2) is 0 Å². The quantitative estimate of drug-likeness (QED) is 0.276. The van der Waals surface area contributed by atoms with Crippen molar-refractivity contribution < 1.29 is 5.11 Å². The van der Waals surface area contributed by atoms with Gasteiger partial charge in [-0.3, -0.25) is 4.99 Å². The van der Waals surface area contributed by atoms with Crippen molar-refractivity contribution in [2.45, 2.75) is 101 Å². The average molecular weight is 596 g/mol. The van der Waals surface area contributed by atoms with Gasteiger partial charge in [0.05, 0.1) is 0 Å². The summed E-state index contributed by atoms with van der Waals surface area (Å²) in [6.07, 6.45) is 13.4. The van der Waals surface area contributed by atoms with E-state index in [-0.39, 0.29) is 7.43 Å². The van der Waals surface area contributed by atoms with Crippen LogP contribution in [0.3, 0.4) is 0 Å². The molecule has 0 saturated carbocycles. The van der Waals surface area contributed by atoms with Crippen molar-refractivity contribution in [3.05, 3.63) is 119 Å². The number of phenols is 1. The predicted molar refractivity (Wildman–Crippen MR) is 197 cm³/mol. The second kappa shape index (κ2) is 21.3. The van der Waals surface area contributed by atoms with E-state index in [2.05, 4.69) is 127 Å². The molecular formula is C42H61NO. The summed E-state index contributed by atoms with van der Waals surface area (Å²) in [6.45, 7) is 17.9. The van der Waals surface area contributed by atoms with Crippen LogP contribution < -0.4 is 0 Å². The summed E-state index contributed by atoms with van der Waals surface area (Å²) >= 11 is 0. The zero-order valence-corrected chi connectivity index (χ0v) is 28.2. The monoisotopic (exact) mass is 595 g/mol. The highest BCUT2D eigenvalue weighted by atomic mass is 16.3. The fraction of sp³-hybridized carbons (Fsp3) is 0.452. The molecule has 5 rings (SSSR count). The minimum absolute atomic E-state index is 0. The number of fused-ring (bicyclic) bond motifs is 1. The molecular weight excluding hydrogens is 534 g/mol. The maximum atomic E-state index is 8.99. The lowest BCUT2D eigenvalue weighted by Gasteiger charge is -2.07. The molecule has 0 unspecified atom stereocenters. The van der Waals surface area contributed by atoms with Crippen LogP contribution in [0.5, 0.6) is 5.75 Å². The minimum Gasteiger partial charge on any atom is -0.508 e. The number of aromatic hydroxyl groups is 1. The maximum absolute atomic E-state index is 8.99. The van der Waals surface area contributed by atoms with Gasteiger partial charge in [0.2, 0.25) is 0 Å². The van der Waals surface area contributed by atoms with Crippen molar-refractivity contribution in [1.29, 1.82) is 0 Å². The summed E-state index contributed by atoms with van der Waals surface area (Å²) in [5.41, 5.74) is 8.53. The van der Waals surface area contributed by atoms with Crippen molar-refractivity contribution in [2.75, 3.05) is 0 Å². The van der Waals surface area contributed by atoms with E-state index in [4.69, 9.17) is 5.11 Å². The van der Waals surface area contributed by atoms with Gasteiger partial charge < -0.3 is 5.11 Å². The van der Waals surface area contributed by atoms with E-state index in [0.717, 1.165) is 43.4 Å². The van der Waals surface area contributed by atoms with Crippen molar-refractivity contribution in [2.24, 2.45) is 28.7 Å². The number of rotatable bonds is 8. The fourth-order valence-electron chi connectivity index (χ4n) is 5.14. The van der Waals surface area contributed by atoms with E-state index < -0.39 is 0 Å². The second-order valence-electron chi connectivity index (χ2n) is 13.4. The molecule has 1 aliphatic carbocycles. The molecule has 0 aromatic heterocycles. The van der Waals surface area contributed by atoms with E-state index in [0.29, 0.717) is 11.7 Å². The van der Waals surface area contributed by atoms with E-state index >= 15 is 0 Å². The molecule has 2 heteroatoms. The van der Waals surface area contributed by atoms with Crippen molar-refractivity contribution in [3.8, 4) is 5.75 Å². The summed E-state index contributed by atoms with van der Waals surface area (Å²) < 4.78 is 0. The molecule has 2 nitrogen and oxygen atoms in total. The number of allylic oxidation sites excluding steroid dienone is 4. The van der Waals surface area contributed by atoms with Gasteiger partial charge in [-0.05, 0) is 95.7 Å². The van der Waals surface area contributed by atoms with Crippen LogP contribution in [0, 0.1) is 23.7 Å². The minimum atomic E-state index is 0. The smallest absolute Gasteiger partial charge is 0.115 e. The largest absolute Gasteiger partial charge is 0.508 e. The molecule has 0 bridgehead atoms. The van der Waals surface area contributed by atoms with E-state index in [1.165, 1.54) is 40.8 Å². The number of nitrogens with zero attached hydrogens (tertiary/aromatic N) is 1. The molecule has 0 atom stereocenters. The molecule has 3 aromatic carbocycles. The number of phenolic OH excluding ortho intramolecular Hbond substituents is 1. The first-order valence-electron chi connectivity index (χ1n) is 16.3. The Hall–Kier alpha value is -3.39. The normalized spacial score (nSPS) is 12.7. The number of benzene rings is 3. The average Bonchev–Trinajstić information content (AvgIpc) is 3.61. The lowest BCUT2D eigenvalue weighted by Crippen LogP contribution is -1.92. The zero-order valence-electron chi connectivity index (χ0n) is 28.2. The van der Waals surface area contributed by atoms with E-state index in [1.54, 1.807) is 17.7 Å². The predicted octanol–water partition coefficient (Wildman–Crippen LogP) is 12.2. The molecule has 1 heterocycles. The van der Waals surface area contributed by atoms with Crippen LogP contribution in [0.1, 0.15) is 104 Å². The highest BCUT2D eigenvalue weighted by Crippen LogP contribution is 2.31. The van der Waals surface area contributed by atoms with E-state index in [1.807, 2.05) is 18.3 Å². The molecule has 44 heavy (non-hydrogen) atoms. The Morgan fingerprint density at radius 1 is 0.591 bits per heavy atom. The fourth-order valence-corrected chi connectivity index (χ4v) is 5.14. The molecule has 2 aliphatic rings. The van der Waals surface area contributed by atoms with Gasteiger partial charge in [0.25, 0.3) is 0 Å². The number of aliphatic imine (C=N–C) groups is 1. The summed E-state index contributed by atoms with van der Waals surface area (Å²) in [5.74, 6) is 3.29. The molecule has 0 saturated heterocycles. The molecule has 0 amide bonds. The van der Waals surface area contributed by atoms with Crippen molar-refractivity contribution >= 4 is 11.8 Å². The lowest BCUT2D eigenvalue weighted by atomic mass is 9.98. The van der Waals surface area contributed by atoms with Gasteiger partial charge in [-0.15, -0.1) is 0 Å². The first-order valence-corrected chi connectivity index (χ1v) is 16.3. The first kappa shape index (κ1) is 38.6. The highest BCUT2D eigenvalue weighted by molar-refractivity contribution is 5.73. The van der Waals surface area contributed by atoms with Gasteiger partial charge >= 0.3 is 0 Å². The first-order chi connectivity index (χ1) is 20.5. The number of hydrogen-bond acceptors (Lipinski definition) is 2. The van der Waals surface area contributed by atoms with Gasteiger partial charge in [0.15, 0.2) is 0 Å². The Morgan fingerprint density at radius 2 is 1.11 bits per heavy atom. The Kier molecular flexibility index (Phi) is 18.7. The molecule has 0 radical (unpaired) electrons. The van der Waals surface area contributed by atoms with Crippen LogP contribution in [0.4, 0.5) is 0 Å². The molecule has 0 fully saturated rings. The molecule has 240 valence electrons. The van der Waals surface area contributed by atoms with Gasteiger partial charge in [-0.1, -0.05) is 142 Å². The third-order valence-electron chi connectivity index (χ3n) is 6.96. The summed E-state index contributed by atoms with van der Waals surface area (Å²) in [4.78, 5) is 4.21. The topological polar surface area (TPSA) is 32.6 Å². The van der Waals surface area contributed by atoms with Gasteiger partial charge in [0, 0.05) is 18.3 Å². The molecule has 3 aromatic rings.